The van der Waals surface area contributed by atoms with Crippen LogP contribution in [0.25, 0.3) is 0 Å². The molecule has 1 aromatic rings. The van der Waals surface area contributed by atoms with Crippen molar-refractivity contribution in [2.45, 2.75) is 39.3 Å². The first kappa shape index (κ1) is 13.5. The summed E-state index contributed by atoms with van der Waals surface area (Å²) in [6.07, 6.45) is -0.682. The van der Waals surface area contributed by atoms with E-state index in [0.717, 1.165) is 0 Å². The minimum absolute atomic E-state index is 0.0219. The highest BCUT2D eigenvalue weighted by molar-refractivity contribution is 5.97. The highest BCUT2D eigenvalue weighted by Gasteiger charge is 2.27. The van der Waals surface area contributed by atoms with Crippen molar-refractivity contribution in [3.63, 3.8) is 0 Å². The molecular formula is C13H19NO3. The minimum atomic E-state index is -0.743. The number of aliphatic hydroxyl groups is 1. The van der Waals surface area contributed by atoms with Crippen LogP contribution in [0, 0.1) is 6.92 Å². The number of aliphatic hydroxyl groups excluding tert-OH is 1. The summed E-state index contributed by atoms with van der Waals surface area (Å²) in [7, 11) is 0. The number of phenols is 1. The summed E-state index contributed by atoms with van der Waals surface area (Å²) in [4.78, 5) is 12.0. The van der Waals surface area contributed by atoms with Crippen molar-refractivity contribution in [1.82, 2.24) is 5.32 Å². The van der Waals surface area contributed by atoms with E-state index in [9.17, 15) is 15.0 Å². The molecule has 0 radical (unpaired) electrons. The Morgan fingerprint density at radius 1 is 1.41 bits per heavy atom. The molecular weight excluding hydrogens is 218 g/mol. The van der Waals surface area contributed by atoms with E-state index in [4.69, 9.17) is 0 Å². The van der Waals surface area contributed by atoms with Crippen LogP contribution >= 0.6 is 0 Å². The van der Waals surface area contributed by atoms with Crippen LogP contribution in [0.4, 0.5) is 0 Å². The number of para-hydroxylation sites is 1. The molecule has 0 bridgehead atoms. The number of carbonyl (C=O) groups is 1. The van der Waals surface area contributed by atoms with Gasteiger partial charge in [0.2, 0.25) is 0 Å². The van der Waals surface area contributed by atoms with Gasteiger partial charge in [0.15, 0.2) is 0 Å². The molecule has 0 aromatic heterocycles. The molecule has 17 heavy (non-hydrogen) atoms. The van der Waals surface area contributed by atoms with E-state index in [0.29, 0.717) is 5.56 Å². The average molecular weight is 237 g/mol. The molecule has 94 valence electrons. The molecule has 1 amide bonds. The third-order valence-corrected chi connectivity index (χ3v) is 2.96. The lowest BCUT2D eigenvalue weighted by Crippen LogP contribution is -2.51. The van der Waals surface area contributed by atoms with E-state index in [2.05, 4.69) is 5.32 Å². The number of rotatable bonds is 3. The summed E-state index contributed by atoms with van der Waals surface area (Å²) in [5.74, 6) is -0.413. The number of phenolic OH excluding ortho intramolecular Hbond substituents is 1. The molecule has 0 heterocycles. The van der Waals surface area contributed by atoms with E-state index in [1.165, 1.54) is 0 Å². The topological polar surface area (TPSA) is 69.6 Å². The predicted octanol–water partition coefficient (Wildman–Crippen LogP) is 1.59. The predicted molar refractivity (Wildman–Crippen MR) is 66.1 cm³/mol. The van der Waals surface area contributed by atoms with Gasteiger partial charge in [-0.25, -0.2) is 0 Å². The molecule has 4 heteroatoms. The van der Waals surface area contributed by atoms with Gasteiger partial charge in [0.05, 0.1) is 17.2 Å². The highest BCUT2D eigenvalue weighted by atomic mass is 16.3. The number of amides is 1. The molecule has 0 saturated carbocycles. The van der Waals surface area contributed by atoms with Gasteiger partial charge in [-0.3, -0.25) is 4.79 Å². The normalized spacial score (nSPS) is 13.2. The van der Waals surface area contributed by atoms with Gasteiger partial charge in [-0.2, -0.15) is 0 Å². The van der Waals surface area contributed by atoms with Gasteiger partial charge in [0.25, 0.3) is 5.91 Å². The van der Waals surface area contributed by atoms with Crippen LogP contribution in [0.5, 0.6) is 5.75 Å². The summed E-state index contributed by atoms with van der Waals surface area (Å²) in [6.45, 7) is 6.78. The number of nitrogens with one attached hydrogen (secondary N) is 1. The Hall–Kier alpha value is -1.55. The van der Waals surface area contributed by atoms with Crippen LogP contribution in [0.1, 0.15) is 36.7 Å². The van der Waals surface area contributed by atoms with Gasteiger partial charge in [-0.15, -0.1) is 0 Å². The third-order valence-electron chi connectivity index (χ3n) is 2.96. The van der Waals surface area contributed by atoms with E-state index in [1.54, 1.807) is 45.9 Å². The maximum atomic E-state index is 12.0. The number of aromatic hydroxyl groups is 1. The smallest absolute Gasteiger partial charge is 0.255 e. The summed E-state index contributed by atoms with van der Waals surface area (Å²) >= 11 is 0. The fourth-order valence-electron chi connectivity index (χ4n) is 1.31. The fourth-order valence-corrected chi connectivity index (χ4v) is 1.31. The first-order valence-corrected chi connectivity index (χ1v) is 5.55. The first-order chi connectivity index (χ1) is 7.75. The summed E-state index contributed by atoms with van der Waals surface area (Å²) in [5, 5.41) is 22.0. The minimum Gasteiger partial charge on any atom is -0.507 e. The second kappa shape index (κ2) is 4.75. The van der Waals surface area contributed by atoms with Gasteiger partial charge in [0.1, 0.15) is 5.75 Å². The first-order valence-electron chi connectivity index (χ1n) is 5.55. The second-order valence-electron chi connectivity index (χ2n) is 4.82. The zero-order valence-corrected chi connectivity index (χ0v) is 10.6. The Labute approximate surface area is 101 Å². The molecule has 0 aliphatic carbocycles. The van der Waals surface area contributed by atoms with E-state index in [-0.39, 0.29) is 11.3 Å². The van der Waals surface area contributed by atoms with E-state index in [1.807, 2.05) is 0 Å². The Kier molecular flexibility index (Phi) is 3.78. The monoisotopic (exact) mass is 237 g/mol. The lowest BCUT2D eigenvalue weighted by Gasteiger charge is -2.29. The van der Waals surface area contributed by atoms with Crippen LogP contribution in [0.15, 0.2) is 18.2 Å². The number of carbonyl (C=O) groups excluding carboxylic acids is 1. The molecule has 4 nitrogen and oxygen atoms in total. The zero-order chi connectivity index (χ0) is 13.2. The molecule has 0 saturated heterocycles. The van der Waals surface area contributed by atoms with Crippen molar-refractivity contribution in [1.29, 1.82) is 0 Å². The van der Waals surface area contributed by atoms with Gasteiger partial charge in [-0.1, -0.05) is 12.1 Å². The highest BCUT2D eigenvalue weighted by Crippen LogP contribution is 2.22. The van der Waals surface area contributed by atoms with Crippen LogP contribution in [0.3, 0.4) is 0 Å². The van der Waals surface area contributed by atoms with Crippen molar-refractivity contribution in [2.75, 3.05) is 0 Å². The number of aryl methyl sites for hydroxylation is 1. The maximum absolute atomic E-state index is 12.0. The summed E-state index contributed by atoms with van der Waals surface area (Å²) < 4.78 is 0. The van der Waals surface area contributed by atoms with Crippen molar-refractivity contribution in [3.05, 3.63) is 29.3 Å². The van der Waals surface area contributed by atoms with Crippen molar-refractivity contribution >= 4 is 5.91 Å². The average Bonchev–Trinajstić information content (AvgIpc) is 2.21. The molecule has 3 N–H and O–H groups in total. The number of hydrogen-bond donors (Lipinski definition) is 3. The summed E-state index contributed by atoms with van der Waals surface area (Å²) in [6, 6.07) is 4.99. The molecule has 0 aliphatic heterocycles. The van der Waals surface area contributed by atoms with Gasteiger partial charge in [-0.05, 0) is 39.3 Å². The number of benzene rings is 1. The molecule has 0 spiro atoms. The lowest BCUT2D eigenvalue weighted by atomic mass is 9.98. The van der Waals surface area contributed by atoms with Crippen LogP contribution in [0.2, 0.25) is 0 Å². The van der Waals surface area contributed by atoms with E-state index < -0.39 is 17.6 Å². The Bertz CT molecular complexity index is 425. The van der Waals surface area contributed by atoms with Gasteiger partial charge in [0, 0.05) is 0 Å². The van der Waals surface area contributed by atoms with Crippen molar-refractivity contribution in [2.24, 2.45) is 0 Å². The third kappa shape index (κ3) is 2.97. The second-order valence-corrected chi connectivity index (χ2v) is 4.82. The van der Waals surface area contributed by atoms with Gasteiger partial charge >= 0.3 is 0 Å². The SMILES string of the molecule is Cc1cccc(C(=O)NC(C)(C)C(C)O)c1O. The van der Waals surface area contributed by atoms with Crippen LogP contribution < -0.4 is 5.32 Å². The standard InChI is InChI=1S/C13H19NO3/c1-8-6-5-7-10(11(8)16)12(17)14-13(3,4)9(2)15/h5-7,9,15-16H,1-4H3,(H,14,17). The summed E-state index contributed by atoms with van der Waals surface area (Å²) in [5.41, 5.74) is 0.124. The van der Waals surface area contributed by atoms with Crippen LogP contribution in [-0.2, 0) is 0 Å². The fraction of sp³-hybridized carbons (Fsp3) is 0.462. The largest absolute Gasteiger partial charge is 0.507 e. The Morgan fingerprint density at radius 3 is 2.53 bits per heavy atom. The Balaban J connectivity index is 2.95. The van der Waals surface area contributed by atoms with Crippen LogP contribution in [-0.4, -0.2) is 27.8 Å². The quantitative estimate of drug-likeness (QED) is 0.747. The van der Waals surface area contributed by atoms with Crippen molar-refractivity contribution in [3.8, 4) is 5.75 Å². The molecule has 1 rings (SSSR count). The van der Waals surface area contributed by atoms with Crippen molar-refractivity contribution < 1.29 is 15.0 Å². The molecule has 0 fully saturated rings. The van der Waals surface area contributed by atoms with Gasteiger partial charge < -0.3 is 15.5 Å². The zero-order valence-electron chi connectivity index (χ0n) is 10.6. The maximum Gasteiger partial charge on any atom is 0.255 e. The number of hydrogen-bond acceptors (Lipinski definition) is 3. The Morgan fingerprint density at radius 2 is 2.00 bits per heavy atom. The lowest BCUT2D eigenvalue weighted by molar-refractivity contribution is 0.0707. The molecule has 1 unspecified atom stereocenters. The molecule has 1 atom stereocenters. The molecule has 1 aromatic carbocycles. The van der Waals surface area contributed by atoms with E-state index >= 15 is 0 Å². The molecule has 0 aliphatic rings.